The van der Waals surface area contributed by atoms with Crippen molar-refractivity contribution in [3.8, 4) is 0 Å². The van der Waals surface area contributed by atoms with Gasteiger partial charge in [0, 0.05) is 12.8 Å². The minimum Gasteiger partial charge on any atom is -0.455 e. The Labute approximate surface area is 357 Å². The van der Waals surface area contributed by atoms with E-state index in [9.17, 15) is 14.7 Å². The molecule has 1 heterocycles. The number of rotatable bonds is 32. The van der Waals surface area contributed by atoms with Gasteiger partial charge in [0.1, 0.15) is 11.7 Å². The van der Waals surface area contributed by atoms with Crippen molar-refractivity contribution >= 4 is 11.9 Å². The average molecular weight is 813 g/mol. The molecule has 0 bridgehead atoms. The van der Waals surface area contributed by atoms with Crippen molar-refractivity contribution in [3.63, 3.8) is 0 Å². The largest absolute Gasteiger partial charge is 0.455 e. The van der Waals surface area contributed by atoms with E-state index in [-0.39, 0.29) is 25.4 Å². The summed E-state index contributed by atoms with van der Waals surface area (Å²) in [6.07, 6.45) is 21.9. The molecule has 0 radical (unpaired) electrons. The fraction of sp³-hybridized carbons (Fsp3) is 0.615. The van der Waals surface area contributed by atoms with E-state index >= 15 is 0 Å². The molecule has 0 aliphatic carbocycles. The minimum absolute atomic E-state index is 0.0429. The summed E-state index contributed by atoms with van der Waals surface area (Å²) in [6.45, 7) is 4.45. The van der Waals surface area contributed by atoms with E-state index in [2.05, 4.69) is 13.8 Å². The first-order valence-corrected chi connectivity index (χ1v) is 23.5. The standard InChI is InChI=1S/C52H76O7/c1-3-5-7-9-11-13-15-17-19-21-32-40-47(53)58-49-46(57-51(55)50(49)59-48(54)41-33-22-20-18-16-14-12-10-8-6-4-2)42-56-52(43-34-26-23-27-35-43,44-36-28-24-29-37-44)45-38-30-25-31-39-45/h23-31,34-39,46,49-51,55H,3-22,32-33,40-42H2,1-2H3/t46-,49-,50-,51-/m1/s1. The van der Waals surface area contributed by atoms with E-state index < -0.39 is 36.2 Å². The van der Waals surface area contributed by atoms with Gasteiger partial charge in [-0.1, -0.05) is 233 Å². The number of aliphatic hydroxyl groups is 1. The van der Waals surface area contributed by atoms with Gasteiger partial charge < -0.3 is 24.1 Å². The van der Waals surface area contributed by atoms with Crippen LogP contribution in [0.25, 0.3) is 0 Å². The second kappa shape index (κ2) is 28.9. The van der Waals surface area contributed by atoms with Gasteiger partial charge in [-0.3, -0.25) is 9.59 Å². The van der Waals surface area contributed by atoms with E-state index in [0.717, 1.165) is 48.8 Å². The molecule has 4 atom stereocenters. The van der Waals surface area contributed by atoms with Gasteiger partial charge in [0.15, 0.2) is 18.5 Å². The van der Waals surface area contributed by atoms with E-state index in [4.69, 9.17) is 18.9 Å². The van der Waals surface area contributed by atoms with Crippen LogP contribution in [0.3, 0.4) is 0 Å². The Morgan fingerprint density at radius 3 is 1.17 bits per heavy atom. The number of carbonyl (C=O) groups is 2. The van der Waals surface area contributed by atoms with Gasteiger partial charge in [-0.05, 0) is 29.5 Å². The van der Waals surface area contributed by atoms with Crippen LogP contribution >= 0.6 is 0 Å². The molecule has 1 aliphatic heterocycles. The van der Waals surface area contributed by atoms with Gasteiger partial charge in [-0.15, -0.1) is 0 Å². The highest BCUT2D eigenvalue weighted by Crippen LogP contribution is 2.41. The summed E-state index contributed by atoms with van der Waals surface area (Å²) in [5.41, 5.74) is 1.69. The van der Waals surface area contributed by atoms with Crippen LogP contribution in [0.5, 0.6) is 0 Å². The topological polar surface area (TPSA) is 91.3 Å². The number of carbonyl (C=O) groups excluding carboxylic acids is 2. The molecule has 1 fully saturated rings. The fourth-order valence-electron chi connectivity index (χ4n) is 8.37. The van der Waals surface area contributed by atoms with E-state index in [1.807, 2.05) is 91.0 Å². The Morgan fingerprint density at radius 1 is 0.492 bits per heavy atom. The van der Waals surface area contributed by atoms with Gasteiger partial charge >= 0.3 is 11.9 Å². The van der Waals surface area contributed by atoms with Crippen molar-refractivity contribution in [1.29, 1.82) is 0 Å². The van der Waals surface area contributed by atoms with Crippen molar-refractivity contribution in [3.05, 3.63) is 108 Å². The normalized spacial score (nSPS) is 17.9. The summed E-state index contributed by atoms with van der Waals surface area (Å²) < 4.78 is 25.1. The number of esters is 2. The average Bonchev–Trinajstić information content (AvgIpc) is 3.55. The molecule has 0 aromatic heterocycles. The molecule has 3 aromatic rings. The third-order valence-electron chi connectivity index (χ3n) is 11.8. The SMILES string of the molecule is CCCCCCCCCCCCCC(=O)O[C@@H]1[C@H](OC(=O)CCCCCCCCCCCCC)[C@@H](COC(c2ccccc2)(c2ccccc2)c2ccccc2)O[C@H]1O. The molecule has 0 saturated carbocycles. The Balaban J connectivity index is 1.39. The fourth-order valence-corrected chi connectivity index (χ4v) is 8.37. The van der Waals surface area contributed by atoms with E-state index in [1.165, 1.54) is 103 Å². The molecule has 4 rings (SSSR count). The summed E-state index contributed by atoms with van der Waals surface area (Å²) in [6, 6.07) is 30.1. The van der Waals surface area contributed by atoms with Crippen LogP contribution in [0.15, 0.2) is 91.0 Å². The highest BCUT2D eigenvalue weighted by Gasteiger charge is 2.50. The van der Waals surface area contributed by atoms with Crippen molar-refractivity contribution in [2.45, 2.75) is 198 Å². The van der Waals surface area contributed by atoms with Crippen LogP contribution < -0.4 is 0 Å². The van der Waals surface area contributed by atoms with Gasteiger partial charge in [-0.2, -0.15) is 0 Å². The lowest BCUT2D eigenvalue weighted by Crippen LogP contribution is -2.43. The number of unbranched alkanes of at least 4 members (excludes halogenated alkanes) is 20. The van der Waals surface area contributed by atoms with Gasteiger partial charge in [-0.25, -0.2) is 0 Å². The Morgan fingerprint density at radius 2 is 0.814 bits per heavy atom. The van der Waals surface area contributed by atoms with Crippen LogP contribution in [-0.4, -0.2) is 48.3 Å². The first-order chi connectivity index (χ1) is 29.0. The van der Waals surface area contributed by atoms with Crippen LogP contribution in [0.1, 0.15) is 185 Å². The quantitative estimate of drug-likeness (QED) is 0.0381. The number of aliphatic hydroxyl groups excluding tert-OH is 1. The summed E-state index contributed by atoms with van der Waals surface area (Å²) in [5, 5.41) is 11.3. The zero-order valence-electron chi connectivity index (χ0n) is 36.5. The number of benzene rings is 3. The molecule has 1 N–H and O–H groups in total. The highest BCUT2D eigenvalue weighted by molar-refractivity contribution is 5.71. The lowest BCUT2D eigenvalue weighted by atomic mass is 9.80. The Hall–Kier alpha value is -3.52. The molecular weight excluding hydrogens is 737 g/mol. The summed E-state index contributed by atoms with van der Waals surface area (Å²) in [5.74, 6) is -0.811. The molecule has 59 heavy (non-hydrogen) atoms. The molecule has 326 valence electrons. The number of ether oxygens (including phenoxy) is 4. The van der Waals surface area contributed by atoms with Crippen LogP contribution in [0.4, 0.5) is 0 Å². The molecule has 0 unspecified atom stereocenters. The van der Waals surface area contributed by atoms with Gasteiger partial charge in [0.25, 0.3) is 0 Å². The lowest BCUT2D eigenvalue weighted by molar-refractivity contribution is -0.177. The van der Waals surface area contributed by atoms with E-state index in [0.29, 0.717) is 6.42 Å². The zero-order valence-corrected chi connectivity index (χ0v) is 36.5. The minimum atomic E-state index is -1.47. The first kappa shape index (κ1) is 48.1. The van der Waals surface area contributed by atoms with Crippen LogP contribution in [0, 0.1) is 0 Å². The maximum atomic E-state index is 13.5. The molecule has 1 saturated heterocycles. The predicted molar refractivity (Wildman–Crippen MR) is 238 cm³/mol. The predicted octanol–water partition coefficient (Wildman–Crippen LogP) is 12.9. The summed E-state index contributed by atoms with van der Waals surface area (Å²) in [7, 11) is 0. The molecule has 0 amide bonds. The molecule has 3 aromatic carbocycles. The second-order valence-electron chi connectivity index (χ2n) is 16.6. The molecule has 0 spiro atoms. The Bertz CT molecular complexity index is 1420. The monoisotopic (exact) mass is 813 g/mol. The summed E-state index contributed by atoms with van der Waals surface area (Å²) in [4.78, 5) is 26.7. The van der Waals surface area contributed by atoms with Gasteiger partial charge in [0.05, 0.1) is 6.61 Å². The molecule has 7 heteroatoms. The third kappa shape index (κ3) is 16.8. The lowest BCUT2D eigenvalue weighted by Gasteiger charge is -2.37. The molecule has 7 nitrogen and oxygen atoms in total. The van der Waals surface area contributed by atoms with Crippen molar-refractivity contribution < 1.29 is 33.6 Å². The number of hydrogen-bond acceptors (Lipinski definition) is 7. The molecular formula is C52H76O7. The van der Waals surface area contributed by atoms with Crippen LogP contribution in [-0.2, 0) is 34.1 Å². The van der Waals surface area contributed by atoms with Gasteiger partial charge in [0.2, 0.25) is 0 Å². The third-order valence-corrected chi connectivity index (χ3v) is 11.8. The van der Waals surface area contributed by atoms with Crippen molar-refractivity contribution in [2.75, 3.05) is 6.61 Å². The smallest absolute Gasteiger partial charge is 0.306 e. The molecule has 1 aliphatic rings. The highest BCUT2D eigenvalue weighted by atomic mass is 16.7. The number of hydrogen-bond donors (Lipinski definition) is 1. The summed E-state index contributed by atoms with van der Waals surface area (Å²) >= 11 is 0. The maximum absolute atomic E-state index is 13.5. The van der Waals surface area contributed by atoms with Crippen molar-refractivity contribution in [1.82, 2.24) is 0 Å². The van der Waals surface area contributed by atoms with Crippen LogP contribution in [0.2, 0.25) is 0 Å². The maximum Gasteiger partial charge on any atom is 0.306 e. The Kier molecular flexibility index (Phi) is 23.6. The second-order valence-corrected chi connectivity index (χ2v) is 16.6. The van der Waals surface area contributed by atoms with E-state index in [1.54, 1.807) is 0 Å². The zero-order chi connectivity index (χ0) is 41.8. The first-order valence-electron chi connectivity index (χ1n) is 23.5. The van der Waals surface area contributed by atoms with Crippen molar-refractivity contribution in [2.24, 2.45) is 0 Å².